The second-order valence-corrected chi connectivity index (χ2v) is 10.9. The summed E-state index contributed by atoms with van der Waals surface area (Å²) in [4.78, 5) is -0.914. The van der Waals surface area contributed by atoms with Crippen molar-refractivity contribution in [1.29, 1.82) is 10.5 Å². The van der Waals surface area contributed by atoms with Gasteiger partial charge in [0.15, 0.2) is 5.65 Å². The van der Waals surface area contributed by atoms with Crippen molar-refractivity contribution < 1.29 is 16.8 Å². The van der Waals surface area contributed by atoms with Crippen LogP contribution in [-0.2, 0) is 26.5 Å². The maximum atomic E-state index is 13.6. The summed E-state index contributed by atoms with van der Waals surface area (Å²) in [6.07, 6.45) is 1.57. The van der Waals surface area contributed by atoms with Gasteiger partial charge in [-0.05, 0) is 36.4 Å². The highest BCUT2D eigenvalue weighted by atomic mass is 32.3. The lowest BCUT2D eigenvalue weighted by atomic mass is 10.2. The number of rotatable bonds is 7. The lowest BCUT2D eigenvalue weighted by molar-refractivity contribution is 0.494. The second-order valence-electron chi connectivity index (χ2n) is 7.02. The molecule has 0 amide bonds. The summed E-state index contributed by atoms with van der Waals surface area (Å²) < 4.78 is 56.4. The molecule has 0 aliphatic rings. The molecule has 0 spiro atoms. The van der Waals surface area contributed by atoms with Gasteiger partial charge in [0.05, 0.1) is 11.1 Å². The van der Waals surface area contributed by atoms with Gasteiger partial charge in [0, 0.05) is 19.2 Å². The fourth-order valence-corrected chi connectivity index (χ4v) is 7.31. The Bertz CT molecular complexity index is 1590. The van der Waals surface area contributed by atoms with Crippen molar-refractivity contribution in [3.8, 4) is 12.1 Å². The third kappa shape index (κ3) is 4.02. The van der Waals surface area contributed by atoms with Gasteiger partial charge in [-0.25, -0.2) is 16.8 Å². The maximum absolute atomic E-state index is 13.6. The zero-order chi connectivity index (χ0) is 24.3. The first-order valence-corrected chi connectivity index (χ1v) is 12.7. The number of fused-ring (bicyclic) bond motifs is 1. The molecule has 0 aliphatic heterocycles. The molecule has 2 aromatic heterocycles. The normalized spacial score (nSPS) is 11.9. The number of nitrogens with zero attached hydrogens (tertiary/aromatic N) is 6. The zero-order valence-electron chi connectivity index (χ0n) is 17.5. The Morgan fingerprint density at radius 1 is 0.765 bits per heavy atom. The van der Waals surface area contributed by atoms with E-state index in [4.69, 9.17) is 0 Å². The van der Waals surface area contributed by atoms with Gasteiger partial charge >= 0.3 is 0 Å². The van der Waals surface area contributed by atoms with Crippen LogP contribution in [0.25, 0.3) is 5.65 Å². The Hall–Kier alpha value is -4.10. The Balaban J connectivity index is 1.86. The third-order valence-electron chi connectivity index (χ3n) is 5.01. The van der Waals surface area contributed by atoms with E-state index in [1.807, 2.05) is 0 Å². The van der Waals surface area contributed by atoms with Gasteiger partial charge in [0.25, 0.3) is 20.0 Å². The average Bonchev–Trinajstić information content (AvgIpc) is 3.27. The molecule has 0 aliphatic carbocycles. The minimum Gasteiger partial charge on any atom is -0.286 e. The standard InChI is InChI=1S/C22H16N6O4S2/c23-15-17-7-1-3-9-19(17)33(29,30)28(34(31,32)20-10-4-2-8-18(20)16-24)14-12-22-26-25-21-11-5-6-13-27(21)22/h1-11,13H,12,14H2. The van der Waals surface area contributed by atoms with Crippen molar-refractivity contribution in [2.45, 2.75) is 16.2 Å². The summed E-state index contributed by atoms with van der Waals surface area (Å²) in [5.41, 5.74) is 0.104. The molecule has 12 heteroatoms. The Morgan fingerprint density at radius 2 is 1.29 bits per heavy atom. The van der Waals surface area contributed by atoms with Crippen molar-refractivity contribution >= 4 is 25.7 Å². The minimum atomic E-state index is -4.73. The van der Waals surface area contributed by atoms with E-state index in [9.17, 15) is 27.4 Å². The first-order valence-electron chi connectivity index (χ1n) is 9.85. The van der Waals surface area contributed by atoms with Gasteiger partial charge in [-0.1, -0.05) is 34.0 Å². The van der Waals surface area contributed by atoms with Gasteiger partial charge in [0.1, 0.15) is 27.8 Å². The molecule has 0 unspecified atom stereocenters. The maximum Gasteiger partial charge on any atom is 0.257 e. The summed E-state index contributed by atoms with van der Waals surface area (Å²) in [7, 11) is -9.45. The van der Waals surface area contributed by atoms with E-state index in [0.717, 1.165) is 0 Å². The van der Waals surface area contributed by atoms with Crippen LogP contribution in [0.3, 0.4) is 0 Å². The SMILES string of the molecule is N#Cc1ccccc1S(=O)(=O)N(CCc1nnc2ccccn12)S(=O)(=O)c1ccccc1C#N. The summed E-state index contributed by atoms with van der Waals surface area (Å²) in [5, 5.41) is 26.9. The van der Waals surface area contributed by atoms with Crippen LogP contribution in [0.5, 0.6) is 0 Å². The van der Waals surface area contributed by atoms with E-state index in [2.05, 4.69) is 10.2 Å². The molecule has 2 aromatic carbocycles. The smallest absolute Gasteiger partial charge is 0.257 e. The van der Waals surface area contributed by atoms with E-state index in [1.54, 1.807) is 40.9 Å². The van der Waals surface area contributed by atoms with Gasteiger partial charge in [-0.3, -0.25) is 4.40 Å². The van der Waals surface area contributed by atoms with Crippen molar-refractivity contribution in [1.82, 2.24) is 18.3 Å². The molecule has 0 atom stereocenters. The molecular formula is C22H16N6O4S2. The van der Waals surface area contributed by atoms with Gasteiger partial charge in [0.2, 0.25) is 0 Å². The number of hydrogen-bond acceptors (Lipinski definition) is 8. The number of hydrogen-bond donors (Lipinski definition) is 0. The Labute approximate surface area is 196 Å². The number of benzene rings is 2. The van der Waals surface area contributed by atoms with E-state index < -0.39 is 36.4 Å². The number of aromatic nitrogens is 3. The molecular weight excluding hydrogens is 476 g/mol. The fraction of sp³-hybridized carbons (Fsp3) is 0.0909. The van der Waals surface area contributed by atoms with Gasteiger partial charge in [-0.2, -0.15) is 10.5 Å². The van der Waals surface area contributed by atoms with E-state index >= 15 is 0 Å². The lowest BCUT2D eigenvalue weighted by Crippen LogP contribution is -2.39. The second kappa shape index (κ2) is 9.03. The van der Waals surface area contributed by atoms with Crippen molar-refractivity contribution in [3.63, 3.8) is 0 Å². The molecule has 0 saturated carbocycles. The largest absolute Gasteiger partial charge is 0.286 e. The third-order valence-corrected chi connectivity index (χ3v) is 9.45. The van der Waals surface area contributed by atoms with Crippen molar-refractivity contribution in [2.75, 3.05) is 6.54 Å². The quantitative estimate of drug-likeness (QED) is 0.381. The predicted molar refractivity (Wildman–Crippen MR) is 120 cm³/mol. The van der Waals surface area contributed by atoms with Crippen LogP contribution in [-0.4, -0.2) is 41.7 Å². The molecule has 0 saturated heterocycles. The van der Waals surface area contributed by atoms with Crippen LogP contribution in [0.4, 0.5) is 0 Å². The van der Waals surface area contributed by atoms with E-state index in [1.165, 1.54) is 48.5 Å². The van der Waals surface area contributed by atoms with Crippen LogP contribution in [0.2, 0.25) is 0 Å². The lowest BCUT2D eigenvalue weighted by Gasteiger charge is -2.22. The van der Waals surface area contributed by atoms with Crippen LogP contribution in [0, 0.1) is 22.7 Å². The zero-order valence-corrected chi connectivity index (χ0v) is 19.1. The van der Waals surface area contributed by atoms with Crippen molar-refractivity contribution in [2.24, 2.45) is 0 Å². The minimum absolute atomic E-state index is 0.104. The molecule has 0 N–H and O–H groups in total. The highest BCUT2D eigenvalue weighted by molar-refractivity contribution is 8.04. The van der Waals surface area contributed by atoms with Crippen LogP contribution in [0.1, 0.15) is 17.0 Å². The molecule has 170 valence electrons. The first-order chi connectivity index (χ1) is 16.3. The summed E-state index contributed by atoms with van der Waals surface area (Å²) >= 11 is 0. The topological polar surface area (TPSA) is 149 Å². The molecule has 0 bridgehead atoms. The number of pyridine rings is 1. The average molecular weight is 493 g/mol. The molecule has 0 radical (unpaired) electrons. The monoisotopic (exact) mass is 492 g/mol. The van der Waals surface area contributed by atoms with E-state index in [-0.39, 0.29) is 17.5 Å². The Kier molecular flexibility index (Phi) is 6.13. The fourth-order valence-electron chi connectivity index (χ4n) is 3.41. The van der Waals surface area contributed by atoms with Gasteiger partial charge < -0.3 is 0 Å². The Morgan fingerprint density at radius 3 is 1.85 bits per heavy atom. The molecule has 34 heavy (non-hydrogen) atoms. The van der Waals surface area contributed by atoms with Crippen molar-refractivity contribution in [3.05, 3.63) is 89.9 Å². The molecule has 10 nitrogen and oxygen atoms in total. The first kappa shape index (κ1) is 23.1. The highest BCUT2D eigenvalue weighted by Crippen LogP contribution is 2.28. The molecule has 0 fully saturated rings. The molecule has 2 heterocycles. The highest BCUT2D eigenvalue weighted by Gasteiger charge is 2.39. The van der Waals surface area contributed by atoms with Crippen LogP contribution in [0.15, 0.2) is 82.7 Å². The molecule has 4 rings (SSSR count). The summed E-state index contributed by atoms with van der Waals surface area (Å²) in [5.74, 6) is 0.341. The number of nitriles is 2. The van der Waals surface area contributed by atoms with E-state index in [0.29, 0.717) is 15.2 Å². The van der Waals surface area contributed by atoms with Gasteiger partial charge in [-0.15, -0.1) is 10.2 Å². The summed E-state index contributed by atoms with van der Waals surface area (Å²) in [6, 6.07) is 19.4. The number of sulfonamides is 2. The van der Waals surface area contributed by atoms with Crippen LogP contribution < -0.4 is 0 Å². The predicted octanol–water partition coefficient (Wildman–Crippen LogP) is 2.09. The molecule has 4 aromatic rings. The van der Waals surface area contributed by atoms with Crippen LogP contribution >= 0.6 is 0 Å². The summed E-state index contributed by atoms with van der Waals surface area (Å²) in [6.45, 7) is -0.528.